The summed E-state index contributed by atoms with van der Waals surface area (Å²) in [5.41, 5.74) is 1.22. The molecule has 0 radical (unpaired) electrons. The van der Waals surface area contributed by atoms with Gasteiger partial charge in [-0.05, 0) is 37.8 Å². The van der Waals surface area contributed by atoms with Gasteiger partial charge in [0.2, 0.25) is 0 Å². The van der Waals surface area contributed by atoms with Gasteiger partial charge in [-0.25, -0.2) is 0 Å². The minimum absolute atomic E-state index is 0.150. The highest BCUT2D eigenvalue weighted by Crippen LogP contribution is 2.18. The highest BCUT2D eigenvalue weighted by molar-refractivity contribution is 5.21. The molecule has 1 N–H and O–H groups in total. The Labute approximate surface area is 92.0 Å². The van der Waals surface area contributed by atoms with Crippen molar-refractivity contribution in [2.45, 2.75) is 26.7 Å². The van der Waals surface area contributed by atoms with Crippen LogP contribution in [0.2, 0.25) is 0 Å². The van der Waals surface area contributed by atoms with Crippen LogP contribution in [0.5, 0.6) is 0 Å². The molecule has 0 saturated heterocycles. The second-order valence-electron chi connectivity index (χ2n) is 4.16. The van der Waals surface area contributed by atoms with E-state index in [0.717, 1.165) is 12.8 Å². The Morgan fingerprint density at radius 2 is 2.13 bits per heavy atom. The molecule has 0 aromatic rings. The molecule has 1 aliphatic heterocycles. The maximum absolute atomic E-state index is 8.73. The van der Waals surface area contributed by atoms with Crippen molar-refractivity contribution in [1.29, 1.82) is 5.26 Å². The number of rotatable bonds is 4. The summed E-state index contributed by atoms with van der Waals surface area (Å²) in [5.74, 6) is 0.691. The van der Waals surface area contributed by atoms with Crippen molar-refractivity contribution in [3.8, 4) is 6.07 Å². The average molecular weight is 202 g/mol. The van der Waals surface area contributed by atoms with Crippen molar-refractivity contribution >= 4 is 0 Å². The van der Waals surface area contributed by atoms with Crippen molar-refractivity contribution < 1.29 is 0 Å². The normalized spacial score (nSPS) is 18.3. The van der Waals surface area contributed by atoms with Gasteiger partial charge in [0, 0.05) is 17.8 Å². The lowest BCUT2D eigenvalue weighted by molar-refractivity contribution is 0.463. The zero-order valence-electron chi connectivity index (χ0n) is 9.40. The molecule has 2 heteroatoms. The first kappa shape index (κ1) is 11.6. The Hall–Kier alpha value is -1.49. The molecule has 1 rings (SSSR count). The van der Waals surface area contributed by atoms with Crippen LogP contribution in [-0.2, 0) is 0 Å². The zero-order chi connectivity index (χ0) is 11.1. The van der Waals surface area contributed by atoms with Crippen LogP contribution < -0.4 is 5.32 Å². The summed E-state index contributed by atoms with van der Waals surface area (Å²) in [4.78, 5) is 0. The summed E-state index contributed by atoms with van der Waals surface area (Å²) in [5, 5.41) is 12.0. The average Bonchev–Trinajstić information content (AvgIpc) is 2.46. The van der Waals surface area contributed by atoms with Gasteiger partial charge in [0.25, 0.3) is 0 Å². The molecule has 1 heterocycles. The van der Waals surface area contributed by atoms with Crippen LogP contribution in [0, 0.1) is 23.2 Å². The van der Waals surface area contributed by atoms with Crippen LogP contribution in [-0.4, -0.2) is 0 Å². The van der Waals surface area contributed by atoms with Crippen molar-refractivity contribution in [2.75, 3.05) is 0 Å². The molecule has 0 spiro atoms. The molecule has 0 aromatic heterocycles. The summed E-state index contributed by atoms with van der Waals surface area (Å²) >= 11 is 0. The molecular formula is C13H18N2. The van der Waals surface area contributed by atoms with Crippen LogP contribution in [0.1, 0.15) is 26.7 Å². The quantitative estimate of drug-likeness (QED) is 0.760. The van der Waals surface area contributed by atoms with Gasteiger partial charge in [-0.1, -0.05) is 19.1 Å². The van der Waals surface area contributed by atoms with Gasteiger partial charge >= 0.3 is 0 Å². The Kier molecular flexibility index (Phi) is 4.70. The highest BCUT2D eigenvalue weighted by Gasteiger charge is 2.09. The van der Waals surface area contributed by atoms with Gasteiger partial charge in [-0.2, -0.15) is 5.26 Å². The molecule has 0 amide bonds. The zero-order valence-corrected chi connectivity index (χ0v) is 9.40. The van der Waals surface area contributed by atoms with Crippen LogP contribution in [0.4, 0.5) is 0 Å². The third kappa shape index (κ3) is 4.51. The van der Waals surface area contributed by atoms with Crippen molar-refractivity contribution in [3.05, 3.63) is 36.2 Å². The minimum atomic E-state index is 0.150. The third-order valence-corrected chi connectivity index (χ3v) is 2.43. The van der Waals surface area contributed by atoms with E-state index in [4.69, 9.17) is 5.26 Å². The van der Waals surface area contributed by atoms with Crippen molar-refractivity contribution in [2.24, 2.45) is 11.8 Å². The standard InChI is InChI=1S/C13H18N2/c1-11(8-12(2)10-14)9-13-6-4-3-5-7-15-13/h3-7,11-12,15H,8-9H2,1-2H3. The molecule has 0 saturated carbocycles. The van der Waals surface area contributed by atoms with Crippen molar-refractivity contribution in [1.82, 2.24) is 5.32 Å². The van der Waals surface area contributed by atoms with Gasteiger partial charge in [0.15, 0.2) is 0 Å². The van der Waals surface area contributed by atoms with Crippen LogP contribution in [0.3, 0.4) is 0 Å². The molecule has 1 aliphatic rings. The Balaban J connectivity index is 2.41. The summed E-state index contributed by atoms with van der Waals surface area (Å²) in [6, 6.07) is 2.28. The summed E-state index contributed by atoms with van der Waals surface area (Å²) in [7, 11) is 0. The number of nitriles is 1. The van der Waals surface area contributed by atoms with Gasteiger partial charge in [-0.15, -0.1) is 0 Å². The van der Waals surface area contributed by atoms with E-state index in [0.29, 0.717) is 5.92 Å². The number of allylic oxidation sites excluding steroid dienone is 5. The lowest BCUT2D eigenvalue weighted by Gasteiger charge is -2.14. The second kappa shape index (κ2) is 6.08. The largest absolute Gasteiger partial charge is 0.365 e. The summed E-state index contributed by atoms with van der Waals surface area (Å²) < 4.78 is 0. The van der Waals surface area contributed by atoms with E-state index in [1.54, 1.807) is 0 Å². The fourth-order valence-corrected chi connectivity index (χ4v) is 1.74. The maximum Gasteiger partial charge on any atom is 0.0652 e. The Morgan fingerprint density at radius 3 is 2.87 bits per heavy atom. The van der Waals surface area contributed by atoms with E-state index in [-0.39, 0.29) is 5.92 Å². The lowest BCUT2D eigenvalue weighted by atomic mass is 9.94. The van der Waals surface area contributed by atoms with Gasteiger partial charge in [-0.3, -0.25) is 0 Å². The van der Waals surface area contributed by atoms with E-state index >= 15 is 0 Å². The third-order valence-electron chi connectivity index (χ3n) is 2.43. The van der Waals surface area contributed by atoms with Gasteiger partial charge < -0.3 is 5.32 Å². The van der Waals surface area contributed by atoms with E-state index in [1.165, 1.54) is 5.70 Å². The van der Waals surface area contributed by atoms with Gasteiger partial charge in [0.05, 0.1) is 6.07 Å². The fraction of sp³-hybridized carbons (Fsp3) is 0.462. The predicted octanol–water partition coefficient (Wildman–Crippen LogP) is 3.12. The van der Waals surface area contributed by atoms with Crippen molar-refractivity contribution in [3.63, 3.8) is 0 Å². The molecule has 80 valence electrons. The molecule has 0 bridgehead atoms. The fourth-order valence-electron chi connectivity index (χ4n) is 1.74. The summed E-state index contributed by atoms with van der Waals surface area (Å²) in [6.07, 6.45) is 12.0. The predicted molar refractivity (Wildman–Crippen MR) is 62.7 cm³/mol. The van der Waals surface area contributed by atoms with Crippen LogP contribution in [0.25, 0.3) is 0 Å². The van der Waals surface area contributed by atoms with Gasteiger partial charge in [0.1, 0.15) is 0 Å². The van der Waals surface area contributed by atoms with E-state index in [9.17, 15) is 0 Å². The Morgan fingerprint density at radius 1 is 1.33 bits per heavy atom. The SMILES string of the molecule is CC(C#N)CC(C)CC1=CC=CC=CN1. The van der Waals surface area contributed by atoms with Crippen LogP contribution in [0.15, 0.2) is 36.2 Å². The molecule has 0 aliphatic carbocycles. The monoisotopic (exact) mass is 202 g/mol. The number of hydrogen-bond donors (Lipinski definition) is 1. The lowest BCUT2D eigenvalue weighted by Crippen LogP contribution is -2.10. The Bertz CT molecular complexity index is 318. The maximum atomic E-state index is 8.73. The smallest absolute Gasteiger partial charge is 0.0652 e. The number of nitrogens with zero attached hydrogens (tertiary/aromatic N) is 1. The molecule has 2 atom stereocenters. The second-order valence-corrected chi connectivity index (χ2v) is 4.16. The molecule has 0 fully saturated rings. The topological polar surface area (TPSA) is 35.8 Å². The molecular weight excluding hydrogens is 184 g/mol. The molecule has 15 heavy (non-hydrogen) atoms. The number of nitrogens with one attached hydrogen (secondary N) is 1. The first-order chi connectivity index (χ1) is 7.22. The molecule has 2 nitrogen and oxygen atoms in total. The first-order valence-corrected chi connectivity index (χ1v) is 5.41. The minimum Gasteiger partial charge on any atom is -0.365 e. The van der Waals surface area contributed by atoms with E-state index < -0.39 is 0 Å². The highest BCUT2D eigenvalue weighted by atomic mass is 14.8. The van der Waals surface area contributed by atoms with E-state index in [1.807, 2.05) is 31.4 Å². The molecule has 2 unspecified atom stereocenters. The van der Waals surface area contributed by atoms with E-state index in [2.05, 4.69) is 24.4 Å². The first-order valence-electron chi connectivity index (χ1n) is 5.41. The molecule has 0 aromatic carbocycles. The number of hydrogen-bond acceptors (Lipinski definition) is 2. The summed E-state index contributed by atoms with van der Waals surface area (Å²) in [6.45, 7) is 4.17. The van der Waals surface area contributed by atoms with Crippen LogP contribution >= 0.6 is 0 Å².